The van der Waals surface area contributed by atoms with Crippen molar-refractivity contribution in [3.05, 3.63) is 27.2 Å². The van der Waals surface area contributed by atoms with Crippen LogP contribution >= 0.6 is 15.9 Å². The zero-order chi connectivity index (χ0) is 16.2. The van der Waals surface area contributed by atoms with Gasteiger partial charge in [-0.15, -0.1) is 0 Å². The summed E-state index contributed by atoms with van der Waals surface area (Å²) in [6.07, 6.45) is 1.07. The van der Waals surface area contributed by atoms with Crippen molar-refractivity contribution in [2.75, 3.05) is 14.2 Å². The molecule has 0 radical (unpaired) electrons. The van der Waals surface area contributed by atoms with E-state index in [-0.39, 0.29) is 17.9 Å². The van der Waals surface area contributed by atoms with Crippen LogP contribution in [0.1, 0.15) is 42.5 Å². The van der Waals surface area contributed by atoms with E-state index in [4.69, 9.17) is 15.2 Å². The largest absolute Gasteiger partial charge is 0.496 e. The quantitative estimate of drug-likeness (QED) is 0.789. The average Bonchev–Trinajstić information content (AvgIpc) is 2.41. The predicted molar refractivity (Wildman–Crippen MR) is 87.5 cm³/mol. The molecule has 1 aromatic carbocycles. The Kier molecular flexibility index (Phi) is 6.68. The Labute approximate surface area is 135 Å². The summed E-state index contributed by atoms with van der Waals surface area (Å²) in [5.41, 5.74) is 9.50. The number of ether oxygens (including phenoxy) is 2. The maximum Gasteiger partial charge on any atom is 0.305 e. The molecular formula is C16H24BrNO3. The zero-order valence-electron chi connectivity index (χ0n) is 13.3. The normalized spacial score (nSPS) is 13.7. The SMILES string of the molecule is COC(=O)CC(C)CC(N)c1c(C)c(Br)cc(C)c1OC. The lowest BCUT2D eigenvalue weighted by Crippen LogP contribution is -2.19. The highest BCUT2D eigenvalue weighted by atomic mass is 79.9. The summed E-state index contributed by atoms with van der Waals surface area (Å²) in [5, 5.41) is 0. The molecule has 2 N–H and O–H groups in total. The van der Waals surface area contributed by atoms with E-state index in [0.717, 1.165) is 26.9 Å². The van der Waals surface area contributed by atoms with E-state index < -0.39 is 0 Å². The minimum Gasteiger partial charge on any atom is -0.496 e. The summed E-state index contributed by atoms with van der Waals surface area (Å²) in [5.74, 6) is 0.771. The first-order valence-corrected chi connectivity index (χ1v) is 7.77. The standard InChI is InChI=1S/C16H24BrNO3/c1-9(7-14(19)20-4)6-13(18)15-11(3)12(17)8-10(2)16(15)21-5/h8-9,13H,6-7,18H2,1-5H3. The molecule has 0 saturated heterocycles. The van der Waals surface area contributed by atoms with Gasteiger partial charge >= 0.3 is 5.97 Å². The second kappa shape index (κ2) is 7.80. The monoisotopic (exact) mass is 357 g/mol. The van der Waals surface area contributed by atoms with Crippen LogP contribution in [0.5, 0.6) is 5.75 Å². The zero-order valence-corrected chi connectivity index (χ0v) is 14.9. The van der Waals surface area contributed by atoms with Gasteiger partial charge in [-0.25, -0.2) is 0 Å². The molecule has 0 aromatic heterocycles. The minimum atomic E-state index is -0.205. The smallest absolute Gasteiger partial charge is 0.305 e. The molecule has 118 valence electrons. The summed E-state index contributed by atoms with van der Waals surface area (Å²) in [6.45, 7) is 6.02. The lowest BCUT2D eigenvalue weighted by Gasteiger charge is -2.23. The van der Waals surface area contributed by atoms with Gasteiger partial charge in [0.2, 0.25) is 0 Å². The van der Waals surface area contributed by atoms with Crippen molar-refractivity contribution in [2.24, 2.45) is 11.7 Å². The molecule has 2 unspecified atom stereocenters. The molecule has 2 atom stereocenters. The number of carbonyl (C=O) groups is 1. The van der Waals surface area contributed by atoms with Crippen LogP contribution in [0.15, 0.2) is 10.5 Å². The fourth-order valence-corrected chi connectivity index (χ4v) is 3.15. The summed E-state index contributed by atoms with van der Waals surface area (Å²) >= 11 is 3.56. The lowest BCUT2D eigenvalue weighted by molar-refractivity contribution is -0.141. The van der Waals surface area contributed by atoms with Gasteiger partial charge in [-0.3, -0.25) is 4.79 Å². The summed E-state index contributed by atoms with van der Waals surface area (Å²) < 4.78 is 11.2. The third-order valence-electron chi connectivity index (χ3n) is 3.68. The number of hydrogen-bond donors (Lipinski definition) is 1. The summed E-state index contributed by atoms with van der Waals surface area (Å²) in [6, 6.07) is 1.85. The fourth-order valence-electron chi connectivity index (χ4n) is 2.60. The van der Waals surface area contributed by atoms with Gasteiger partial charge in [-0.2, -0.15) is 0 Å². The topological polar surface area (TPSA) is 61.5 Å². The predicted octanol–water partition coefficient (Wildman–Crippen LogP) is 3.66. The Morgan fingerprint density at radius 2 is 2.00 bits per heavy atom. The van der Waals surface area contributed by atoms with E-state index in [9.17, 15) is 4.79 Å². The molecule has 0 bridgehead atoms. The molecule has 0 aliphatic heterocycles. The average molecular weight is 358 g/mol. The van der Waals surface area contributed by atoms with Gasteiger partial charge in [0.15, 0.2) is 0 Å². The second-order valence-electron chi connectivity index (χ2n) is 5.47. The molecule has 0 amide bonds. The summed E-state index contributed by atoms with van der Waals surface area (Å²) in [7, 11) is 3.06. The number of halogens is 1. The number of methoxy groups -OCH3 is 2. The van der Waals surface area contributed by atoms with Crippen molar-refractivity contribution in [1.82, 2.24) is 0 Å². The highest BCUT2D eigenvalue weighted by molar-refractivity contribution is 9.10. The van der Waals surface area contributed by atoms with Crippen molar-refractivity contribution >= 4 is 21.9 Å². The molecule has 0 saturated carbocycles. The van der Waals surface area contributed by atoms with Crippen LogP contribution in [0.3, 0.4) is 0 Å². The van der Waals surface area contributed by atoms with Crippen molar-refractivity contribution in [3.8, 4) is 5.75 Å². The first-order valence-electron chi connectivity index (χ1n) is 6.97. The Bertz CT molecular complexity index is 517. The number of benzene rings is 1. The molecule has 0 aliphatic rings. The Hall–Kier alpha value is -1.07. The first-order chi connectivity index (χ1) is 9.81. The number of hydrogen-bond acceptors (Lipinski definition) is 4. The van der Waals surface area contributed by atoms with E-state index in [1.807, 2.05) is 26.8 Å². The van der Waals surface area contributed by atoms with Crippen molar-refractivity contribution in [1.29, 1.82) is 0 Å². The van der Waals surface area contributed by atoms with Crippen LogP contribution < -0.4 is 10.5 Å². The van der Waals surface area contributed by atoms with E-state index in [2.05, 4.69) is 15.9 Å². The van der Waals surface area contributed by atoms with Gasteiger partial charge in [-0.05, 0) is 43.4 Å². The van der Waals surface area contributed by atoms with Crippen molar-refractivity contribution < 1.29 is 14.3 Å². The van der Waals surface area contributed by atoms with Crippen LogP contribution in [-0.4, -0.2) is 20.2 Å². The van der Waals surface area contributed by atoms with Gasteiger partial charge < -0.3 is 15.2 Å². The highest BCUT2D eigenvalue weighted by Gasteiger charge is 2.22. The molecule has 21 heavy (non-hydrogen) atoms. The lowest BCUT2D eigenvalue weighted by atomic mass is 9.90. The Balaban J connectivity index is 3.01. The van der Waals surface area contributed by atoms with Crippen molar-refractivity contribution in [3.63, 3.8) is 0 Å². The number of rotatable bonds is 6. The van der Waals surface area contributed by atoms with Gasteiger partial charge in [0.25, 0.3) is 0 Å². The van der Waals surface area contributed by atoms with E-state index >= 15 is 0 Å². The van der Waals surface area contributed by atoms with Crippen LogP contribution in [0, 0.1) is 19.8 Å². The third-order valence-corrected chi connectivity index (χ3v) is 4.51. The molecule has 0 aliphatic carbocycles. The maximum atomic E-state index is 11.3. The van der Waals surface area contributed by atoms with E-state index in [1.54, 1.807) is 7.11 Å². The van der Waals surface area contributed by atoms with Gasteiger partial charge in [-0.1, -0.05) is 22.9 Å². The molecule has 0 fully saturated rings. The van der Waals surface area contributed by atoms with Crippen molar-refractivity contribution in [2.45, 2.75) is 39.7 Å². The second-order valence-corrected chi connectivity index (χ2v) is 6.33. The number of carbonyl (C=O) groups excluding carboxylic acids is 1. The van der Waals surface area contributed by atoms with Gasteiger partial charge in [0.1, 0.15) is 5.75 Å². The van der Waals surface area contributed by atoms with Gasteiger partial charge in [0.05, 0.1) is 14.2 Å². The van der Waals surface area contributed by atoms with Gasteiger partial charge in [0, 0.05) is 22.5 Å². The number of esters is 1. The molecule has 4 nitrogen and oxygen atoms in total. The fraction of sp³-hybridized carbons (Fsp3) is 0.562. The maximum absolute atomic E-state index is 11.3. The molecule has 1 aromatic rings. The van der Waals surface area contributed by atoms with Crippen LogP contribution in [-0.2, 0) is 9.53 Å². The first kappa shape index (κ1) is 18.0. The summed E-state index contributed by atoms with van der Waals surface area (Å²) in [4.78, 5) is 11.3. The van der Waals surface area contributed by atoms with Crippen LogP contribution in [0.2, 0.25) is 0 Å². The Morgan fingerprint density at radius 1 is 1.38 bits per heavy atom. The molecule has 0 heterocycles. The molecular weight excluding hydrogens is 334 g/mol. The van der Waals surface area contributed by atoms with Crippen LogP contribution in [0.4, 0.5) is 0 Å². The molecule has 5 heteroatoms. The number of aryl methyl sites for hydroxylation is 1. The number of nitrogens with two attached hydrogens (primary N) is 1. The van der Waals surface area contributed by atoms with E-state index in [0.29, 0.717) is 12.8 Å². The molecule has 1 rings (SSSR count). The minimum absolute atomic E-state index is 0.149. The van der Waals surface area contributed by atoms with E-state index in [1.165, 1.54) is 7.11 Å². The molecule has 0 spiro atoms. The Morgan fingerprint density at radius 3 is 2.52 bits per heavy atom. The highest BCUT2D eigenvalue weighted by Crippen LogP contribution is 2.37. The third kappa shape index (κ3) is 4.45. The van der Waals surface area contributed by atoms with Crippen LogP contribution in [0.25, 0.3) is 0 Å².